The monoisotopic (exact) mass is 275 g/mol. The van der Waals surface area contributed by atoms with Crippen molar-refractivity contribution in [3.8, 4) is 0 Å². The Morgan fingerprint density at radius 1 is 1.00 bits per heavy atom. The van der Waals surface area contributed by atoms with Crippen molar-refractivity contribution in [2.24, 2.45) is 0 Å². The lowest BCUT2D eigenvalue weighted by molar-refractivity contribution is -0.142. The first-order chi connectivity index (χ1) is 9.15. The van der Waals surface area contributed by atoms with Crippen LogP contribution in [0.3, 0.4) is 0 Å². The van der Waals surface area contributed by atoms with E-state index in [9.17, 15) is 9.59 Å². The van der Waals surface area contributed by atoms with E-state index in [0.29, 0.717) is 39.3 Å². The lowest BCUT2D eigenvalue weighted by atomic mass is 10.3. The standard InChI is InChI=1S/C13H25NO5/c1-4-9-19-10-6-12(15)14(8-11-17-2)7-5-13(16)18-3/h4-11H2,1-3H3. The largest absolute Gasteiger partial charge is 0.469 e. The van der Waals surface area contributed by atoms with Gasteiger partial charge in [0.05, 0.1) is 33.2 Å². The van der Waals surface area contributed by atoms with E-state index in [1.807, 2.05) is 6.92 Å². The van der Waals surface area contributed by atoms with Crippen LogP contribution in [-0.4, -0.2) is 63.9 Å². The highest BCUT2D eigenvalue weighted by atomic mass is 16.5. The van der Waals surface area contributed by atoms with Crippen LogP contribution in [0.5, 0.6) is 0 Å². The Morgan fingerprint density at radius 2 is 1.74 bits per heavy atom. The molecule has 0 unspecified atom stereocenters. The van der Waals surface area contributed by atoms with Crippen LogP contribution in [0.2, 0.25) is 0 Å². The van der Waals surface area contributed by atoms with Crippen LogP contribution in [0.25, 0.3) is 0 Å². The Balaban J connectivity index is 4.07. The predicted molar refractivity (Wildman–Crippen MR) is 70.8 cm³/mol. The van der Waals surface area contributed by atoms with Gasteiger partial charge in [-0.3, -0.25) is 9.59 Å². The molecule has 0 N–H and O–H groups in total. The molecule has 0 saturated heterocycles. The third-order valence-electron chi connectivity index (χ3n) is 2.54. The average molecular weight is 275 g/mol. The van der Waals surface area contributed by atoms with Crippen LogP contribution in [0.1, 0.15) is 26.2 Å². The smallest absolute Gasteiger partial charge is 0.307 e. The average Bonchev–Trinajstić information content (AvgIpc) is 2.43. The van der Waals surface area contributed by atoms with Crippen molar-refractivity contribution >= 4 is 11.9 Å². The zero-order valence-electron chi connectivity index (χ0n) is 12.1. The summed E-state index contributed by atoms with van der Waals surface area (Å²) in [6.45, 7) is 4.36. The summed E-state index contributed by atoms with van der Waals surface area (Å²) >= 11 is 0. The van der Waals surface area contributed by atoms with Crippen molar-refractivity contribution in [2.45, 2.75) is 26.2 Å². The van der Waals surface area contributed by atoms with E-state index >= 15 is 0 Å². The fourth-order valence-electron chi connectivity index (χ4n) is 1.45. The third-order valence-corrected chi connectivity index (χ3v) is 2.54. The van der Waals surface area contributed by atoms with E-state index in [-0.39, 0.29) is 18.3 Å². The maximum absolute atomic E-state index is 12.0. The second kappa shape index (κ2) is 11.9. The number of hydrogen-bond donors (Lipinski definition) is 0. The SMILES string of the molecule is CCCOCCC(=O)N(CCOC)CCC(=O)OC. The summed E-state index contributed by atoms with van der Waals surface area (Å²) < 4.78 is 14.8. The van der Waals surface area contributed by atoms with Gasteiger partial charge >= 0.3 is 5.97 Å². The summed E-state index contributed by atoms with van der Waals surface area (Å²) in [6, 6.07) is 0. The molecule has 0 aliphatic heterocycles. The lowest BCUT2D eigenvalue weighted by Crippen LogP contribution is -2.36. The highest BCUT2D eigenvalue weighted by molar-refractivity contribution is 5.77. The number of methoxy groups -OCH3 is 2. The van der Waals surface area contributed by atoms with Crippen LogP contribution in [0, 0.1) is 0 Å². The van der Waals surface area contributed by atoms with Gasteiger partial charge in [0.15, 0.2) is 0 Å². The number of rotatable bonds is 11. The minimum atomic E-state index is -0.322. The number of esters is 1. The molecular weight excluding hydrogens is 250 g/mol. The molecule has 0 fully saturated rings. The van der Waals surface area contributed by atoms with Gasteiger partial charge in [-0.25, -0.2) is 0 Å². The van der Waals surface area contributed by atoms with Crippen LogP contribution in [0.15, 0.2) is 0 Å². The fraction of sp³-hybridized carbons (Fsp3) is 0.846. The second-order valence-corrected chi connectivity index (χ2v) is 4.06. The zero-order chi connectivity index (χ0) is 14.5. The van der Waals surface area contributed by atoms with Gasteiger partial charge in [-0.1, -0.05) is 6.92 Å². The number of carbonyl (C=O) groups is 2. The first-order valence-corrected chi connectivity index (χ1v) is 6.57. The van der Waals surface area contributed by atoms with Gasteiger partial charge in [0, 0.05) is 26.8 Å². The number of carbonyl (C=O) groups excluding carboxylic acids is 2. The quantitative estimate of drug-likeness (QED) is 0.413. The van der Waals surface area contributed by atoms with Crippen LogP contribution in [0.4, 0.5) is 0 Å². The molecule has 0 saturated carbocycles. The van der Waals surface area contributed by atoms with Gasteiger partial charge in [-0.2, -0.15) is 0 Å². The van der Waals surface area contributed by atoms with E-state index in [4.69, 9.17) is 9.47 Å². The molecule has 0 aliphatic carbocycles. The Bertz CT molecular complexity index is 257. The molecule has 0 rings (SSSR count). The fourth-order valence-corrected chi connectivity index (χ4v) is 1.45. The van der Waals surface area contributed by atoms with Crippen molar-refractivity contribution in [3.63, 3.8) is 0 Å². The third kappa shape index (κ3) is 9.44. The molecule has 0 aromatic carbocycles. The van der Waals surface area contributed by atoms with Gasteiger partial charge in [-0.15, -0.1) is 0 Å². The molecule has 0 spiro atoms. The normalized spacial score (nSPS) is 10.3. The van der Waals surface area contributed by atoms with Crippen LogP contribution >= 0.6 is 0 Å². The van der Waals surface area contributed by atoms with Gasteiger partial charge in [-0.05, 0) is 6.42 Å². The van der Waals surface area contributed by atoms with Crippen molar-refractivity contribution in [3.05, 3.63) is 0 Å². The summed E-state index contributed by atoms with van der Waals surface area (Å²) in [6.07, 6.45) is 1.45. The van der Waals surface area contributed by atoms with E-state index in [2.05, 4.69) is 4.74 Å². The molecule has 0 atom stereocenters. The number of hydrogen-bond acceptors (Lipinski definition) is 5. The molecule has 0 bridgehead atoms. The van der Waals surface area contributed by atoms with Crippen molar-refractivity contribution in [1.82, 2.24) is 4.90 Å². The van der Waals surface area contributed by atoms with Crippen molar-refractivity contribution < 1.29 is 23.8 Å². The van der Waals surface area contributed by atoms with E-state index in [0.717, 1.165) is 6.42 Å². The number of nitrogens with zero attached hydrogens (tertiary/aromatic N) is 1. The first kappa shape index (κ1) is 17.9. The molecule has 6 nitrogen and oxygen atoms in total. The molecule has 0 aliphatic rings. The minimum absolute atomic E-state index is 0.0305. The molecule has 0 aromatic rings. The van der Waals surface area contributed by atoms with E-state index in [1.54, 1.807) is 12.0 Å². The molecule has 6 heteroatoms. The van der Waals surface area contributed by atoms with Crippen LogP contribution in [-0.2, 0) is 23.8 Å². The molecule has 0 radical (unpaired) electrons. The summed E-state index contributed by atoms with van der Waals surface area (Å²) in [4.78, 5) is 24.7. The maximum Gasteiger partial charge on any atom is 0.307 e. The molecular formula is C13H25NO5. The van der Waals surface area contributed by atoms with Crippen molar-refractivity contribution in [1.29, 1.82) is 0 Å². The highest BCUT2D eigenvalue weighted by Crippen LogP contribution is 1.99. The Labute approximate surface area is 115 Å². The molecule has 0 heterocycles. The number of ether oxygens (including phenoxy) is 3. The predicted octanol–water partition coefficient (Wildman–Crippen LogP) is 0.841. The molecule has 1 amide bonds. The minimum Gasteiger partial charge on any atom is -0.469 e. The summed E-state index contributed by atoms with van der Waals surface area (Å²) in [7, 11) is 2.91. The van der Waals surface area contributed by atoms with Gasteiger partial charge < -0.3 is 19.1 Å². The summed E-state index contributed by atoms with van der Waals surface area (Å²) in [5, 5.41) is 0. The Morgan fingerprint density at radius 3 is 2.32 bits per heavy atom. The topological polar surface area (TPSA) is 65.1 Å². The lowest BCUT2D eigenvalue weighted by Gasteiger charge is -2.21. The Hall–Kier alpha value is -1.14. The van der Waals surface area contributed by atoms with Gasteiger partial charge in [0.1, 0.15) is 0 Å². The molecule has 19 heavy (non-hydrogen) atoms. The molecule has 0 aromatic heterocycles. The van der Waals surface area contributed by atoms with E-state index < -0.39 is 0 Å². The van der Waals surface area contributed by atoms with Gasteiger partial charge in [0.2, 0.25) is 5.91 Å². The van der Waals surface area contributed by atoms with Crippen molar-refractivity contribution in [2.75, 3.05) is 47.1 Å². The Kier molecular flexibility index (Phi) is 11.2. The summed E-state index contributed by atoms with van der Waals surface area (Å²) in [5.41, 5.74) is 0. The maximum atomic E-state index is 12.0. The first-order valence-electron chi connectivity index (χ1n) is 6.57. The summed E-state index contributed by atoms with van der Waals surface area (Å²) in [5.74, 6) is -0.352. The van der Waals surface area contributed by atoms with E-state index in [1.165, 1.54) is 7.11 Å². The second-order valence-electron chi connectivity index (χ2n) is 4.06. The zero-order valence-corrected chi connectivity index (χ0v) is 12.1. The van der Waals surface area contributed by atoms with Gasteiger partial charge in [0.25, 0.3) is 0 Å². The highest BCUT2D eigenvalue weighted by Gasteiger charge is 2.14. The molecule has 112 valence electrons. The number of amides is 1. The van der Waals surface area contributed by atoms with Crippen LogP contribution < -0.4 is 0 Å².